The second-order valence-electron chi connectivity index (χ2n) is 6.85. The van der Waals surface area contributed by atoms with Crippen LogP contribution < -0.4 is 4.74 Å². The first-order chi connectivity index (χ1) is 12.3. The van der Waals surface area contributed by atoms with Crippen LogP contribution in [0, 0.1) is 0 Å². The van der Waals surface area contributed by atoms with Crippen molar-refractivity contribution in [2.45, 2.75) is 39.4 Å². The van der Waals surface area contributed by atoms with Gasteiger partial charge in [-0.1, -0.05) is 30.3 Å². The predicted octanol–water partition coefficient (Wildman–Crippen LogP) is 3.94. The normalized spacial score (nSPS) is 10.9. The Morgan fingerprint density at radius 3 is 2.42 bits per heavy atom. The summed E-state index contributed by atoms with van der Waals surface area (Å²) in [5.41, 5.74) is 1.52. The van der Waals surface area contributed by atoms with E-state index in [-0.39, 0.29) is 25.0 Å². The molecule has 0 saturated carbocycles. The summed E-state index contributed by atoms with van der Waals surface area (Å²) in [5, 5.41) is 0. The highest BCUT2D eigenvalue weighted by Gasteiger charge is 2.18. The van der Waals surface area contributed by atoms with Crippen LogP contribution >= 0.6 is 0 Å². The molecule has 0 atom stereocenters. The molecule has 0 amide bonds. The van der Waals surface area contributed by atoms with Gasteiger partial charge in [-0.25, -0.2) is 4.79 Å². The molecule has 0 N–H and O–H groups in total. The van der Waals surface area contributed by atoms with Gasteiger partial charge in [-0.05, 0) is 44.5 Å². The van der Waals surface area contributed by atoms with Gasteiger partial charge in [-0.2, -0.15) is 0 Å². The Kier molecular flexibility index (Phi) is 6.39. The van der Waals surface area contributed by atoms with Crippen LogP contribution in [-0.4, -0.2) is 24.6 Å². The molecule has 0 radical (unpaired) electrons. The Morgan fingerprint density at radius 1 is 1.00 bits per heavy atom. The summed E-state index contributed by atoms with van der Waals surface area (Å²) in [6, 6.07) is 14.4. The standard InChI is InChI=1S/C21H24O5/c1-21(2,3)26-20(23)17-10-7-8-15(12-17)14-25-18-11-6-5-9-16(18)13-19(22)24-4/h5-12H,13-14H2,1-4H3. The van der Waals surface area contributed by atoms with E-state index in [1.165, 1.54) is 7.11 Å². The Bertz CT molecular complexity index is 774. The van der Waals surface area contributed by atoms with Crippen molar-refractivity contribution in [3.63, 3.8) is 0 Å². The van der Waals surface area contributed by atoms with Crippen LogP contribution in [0.25, 0.3) is 0 Å². The number of para-hydroxylation sites is 1. The highest BCUT2D eigenvalue weighted by atomic mass is 16.6. The van der Waals surface area contributed by atoms with Crippen molar-refractivity contribution in [1.82, 2.24) is 0 Å². The molecule has 0 spiro atoms. The van der Waals surface area contributed by atoms with Gasteiger partial charge in [-0.3, -0.25) is 4.79 Å². The zero-order valence-corrected chi connectivity index (χ0v) is 15.6. The van der Waals surface area contributed by atoms with Gasteiger partial charge in [-0.15, -0.1) is 0 Å². The third-order valence-corrected chi connectivity index (χ3v) is 3.49. The van der Waals surface area contributed by atoms with Gasteiger partial charge in [0.15, 0.2) is 0 Å². The summed E-state index contributed by atoms with van der Waals surface area (Å²) >= 11 is 0. The highest BCUT2D eigenvalue weighted by molar-refractivity contribution is 5.89. The number of rotatable bonds is 6. The van der Waals surface area contributed by atoms with Crippen LogP contribution in [0.1, 0.15) is 42.3 Å². The molecule has 0 fully saturated rings. The van der Waals surface area contributed by atoms with E-state index in [2.05, 4.69) is 0 Å². The molecule has 0 saturated heterocycles. The van der Waals surface area contributed by atoms with Crippen LogP contribution in [0.15, 0.2) is 48.5 Å². The summed E-state index contributed by atoms with van der Waals surface area (Å²) in [5.74, 6) is -0.0843. The fourth-order valence-electron chi connectivity index (χ4n) is 2.30. The molecule has 0 unspecified atom stereocenters. The smallest absolute Gasteiger partial charge is 0.338 e. The Hall–Kier alpha value is -2.82. The fraction of sp³-hybridized carbons (Fsp3) is 0.333. The molecule has 0 heterocycles. The molecule has 0 aliphatic rings. The number of hydrogen-bond acceptors (Lipinski definition) is 5. The molecule has 0 bridgehead atoms. The van der Waals surface area contributed by atoms with Crippen LogP contribution in [-0.2, 0) is 27.3 Å². The molecular weight excluding hydrogens is 332 g/mol. The average molecular weight is 356 g/mol. The number of esters is 2. The number of carbonyl (C=O) groups excluding carboxylic acids is 2. The lowest BCUT2D eigenvalue weighted by Crippen LogP contribution is -2.23. The third-order valence-electron chi connectivity index (χ3n) is 3.49. The maximum atomic E-state index is 12.2. The van der Waals surface area contributed by atoms with Gasteiger partial charge >= 0.3 is 11.9 Å². The van der Waals surface area contributed by atoms with E-state index in [1.54, 1.807) is 24.3 Å². The molecule has 2 aromatic rings. The summed E-state index contributed by atoms with van der Waals surface area (Å²) in [6.45, 7) is 5.76. The lowest BCUT2D eigenvalue weighted by atomic mass is 10.1. The minimum absolute atomic E-state index is 0.143. The second kappa shape index (κ2) is 8.52. The fourth-order valence-corrected chi connectivity index (χ4v) is 2.30. The number of carbonyl (C=O) groups is 2. The molecule has 5 nitrogen and oxygen atoms in total. The minimum atomic E-state index is -0.545. The Labute approximate surface area is 153 Å². The maximum Gasteiger partial charge on any atom is 0.338 e. The largest absolute Gasteiger partial charge is 0.489 e. The van der Waals surface area contributed by atoms with Crippen molar-refractivity contribution in [2.75, 3.05) is 7.11 Å². The Morgan fingerprint density at radius 2 is 1.73 bits per heavy atom. The van der Waals surface area contributed by atoms with E-state index >= 15 is 0 Å². The summed E-state index contributed by atoms with van der Waals surface area (Å²) in [6.07, 6.45) is 0.143. The van der Waals surface area contributed by atoms with Crippen LogP contribution in [0.4, 0.5) is 0 Å². The van der Waals surface area contributed by atoms with Crippen molar-refractivity contribution >= 4 is 11.9 Å². The Balaban J connectivity index is 2.08. The number of hydrogen-bond donors (Lipinski definition) is 0. The molecule has 5 heteroatoms. The van der Waals surface area contributed by atoms with Gasteiger partial charge in [0, 0.05) is 5.56 Å². The van der Waals surface area contributed by atoms with E-state index in [0.29, 0.717) is 11.3 Å². The molecule has 26 heavy (non-hydrogen) atoms. The van der Waals surface area contributed by atoms with E-state index in [4.69, 9.17) is 14.2 Å². The predicted molar refractivity (Wildman–Crippen MR) is 98.1 cm³/mol. The number of methoxy groups -OCH3 is 1. The first-order valence-electron chi connectivity index (χ1n) is 8.38. The van der Waals surface area contributed by atoms with E-state index in [0.717, 1.165) is 11.1 Å². The average Bonchev–Trinajstić information content (AvgIpc) is 2.59. The van der Waals surface area contributed by atoms with Gasteiger partial charge < -0.3 is 14.2 Å². The van der Waals surface area contributed by atoms with E-state index < -0.39 is 5.60 Å². The summed E-state index contributed by atoms with van der Waals surface area (Å²) in [4.78, 5) is 23.7. The lowest BCUT2D eigenvalue weighted by molar-refractivity contribution is -0.139. The monoisotopic (exact) mass is 356 g/mol. The molecule has 2 rings (SSSR count). The van der Waals surface area contributed by atoms with Crippen molar-refractivity contribution in [3.05, 3.63) is 65.2 Å². The molecule has 0 aliphatic heterocycles. The first kappa shape index (κ1) is 19.5. The molecular formula is C21H24O5. The van der Waals surface area contributed by atoms with E-state index in [1.807, 2.05) is 45.0 Å². The molecule has 0 aliphatic carbocycles. The lowest BCUT2D eigenvalue weighted by Gasteiger charge is -2.19. The summed E-state index contributed by atoms with van der Waals surface area (Å²) in [7, 11) is 1.36. The van der Waals surface area contributed by atoms with Crippen molar-refractivity contribution < 1.29 is 23.8 Å². The van der Waals surface area contributed by atoms with Gasteiger partial charge in [0.2, 0.25) is 0 Å². The first-order valence-corrected chi connectivity index (χ1v) is 8.38. The third kappa shape index (κ3) is 5.92. The van der Waals surface area contributed by atoms with Crippen LogP contribution in [0.3, 0.4) is 0 Å². The van der Waals surface area contributed by atoms with Gasteiger partial charge in [0.25, 0.3) is 0 Å². The van der Waals surface area contributed by atoms with Gasteiger partial charge in [0.05, 0.1) is 19.1 Å². The summed E-state index contributed by atoms with van der Waals surface area (Å²) < 4.78 is 15.9. The number of benzene rings is 2. The zero-order chi connectivity index (χ0) is 19.2. The molecule has 0 aromatic heterocycles. The minimum Gasteiger partial charge on any atom is -0.489 e. The molecule has 2 aromatic carbocycles. The quantitative estimate of drug-likeness (QED) is 0.734. The topological polar surface area (TPSA) is 61.8 Å². The second-order valence-corrected chi connectivity index (χ2v) is 6.85. The van der Waals surface area contributed by atoms with Crippen molar-refractivity contribution in [1.29, 1.82) is 0 Å². The van der Waals surface area contributed by atoms with Crippen LogP contribution in [0.5, 0.6) is 5.75 Å². The van der Waals surface area contributed by atoms with Crippen LogP contribution in [0.2, 0.25) is 0 Å². The van der Waals surface area contributed by atoms with Crippen molar-refractivity contribution in [2.24, 2.45) is 0 Å². The highest BCUT2D eigenvalue weighted by Crippen LogP contribution is 2.21. The van der Waals surface area contributed by atoms with Gasteiger partial charge in [0.1, 0.15) is 18.0 Å². The maximum absolute atomic E-state index is 12.2. The SMILES string of the molecule is COC(=O)Cc1ccccc1OCc1cccc(C(=O)OC(C)(C)C)c1. The number of ether oxygens (including phenoxy) is 3. The van der Waals surface area contributed by atoms with Crippen molar-refractivity contribution in [3.8, 4) is 5.75 Å². The zero-order valence-electron chi connectivity index (χ0n) is 15.6. The van der Waals surface area contributed by atoms with E-state index in [9.17, 15) is 9.59 Å². The molecule has 138 valence electrons.